The van der Waals surface area contributed by atoms with Crippen LogP contribution in [0.4, 0.5) is 0 Å². The second-order valence-corrected chi connectivity index (χ2v) is 30.5. The molecule has 5 atom stereocenters. The van der Waals surface area contributed by atoms with Crippen LogP contribution in [0.1, 0.15) is 382 Å². The number of ether oxygens (including phenoxy) is 4. The van der Waals surface area contributed by atoms with Crippen LogP contribution >= 0.6 is 15.6 Å². The highest BCUT2D eigenvalue weighted by molar-refractivity contribution is 7.47. The van der Waals surface area contributed by atoms with Gasteiger partial charge in [-0.15, -0.1) is 0 Å². The first-order valence-corrected chi connectivity index (χ1v) is 41.5. The van der Waals surface area contributed by atoms with E-state index in [4.69, 9.17) is 37.0 Å². The number of phosphoric ester groups is 2. The maximum atomic E-state index is 13.1. The van der Waals surface area contributed by atoms with Crippen LogP contribution in [0.2, 0.25) is 0 Å². The molecule has 0 spiro atoms. The lowest BCUT2D eigenvalue weighted by Crippen LogP contribution is -2.30. The van der Waals surface area contributed by atoms with Crippen LogP contribution in [-0.2, 0) is 65.4 Å². The monoisotopic (exact) mass is 1370 g/mol. The molecular formula is C74H144O17P2. The van der Waals surface area contributed by atoms with E-state index in [-0.39, 0.29) is 25.7 Å². The van der Waals surface area contributed by atoms with E-state index >= 15 is 0 Å². The van der Waals surface area contributed by atoms with Gasteiger partial charge in [-0.3, -0.25) is 37.3 Å². The van der Waals surface area contributed by atoms with Crippen LogP contribution in [-0.4, -0.2) is 96.7 Å². The maximum absolute atomic E-state index is 13.1. The molecule has 0 aromatic carbocycles. The summed E-state index contributed by atoms with van der Waals surface area (Å²) in [5.41, 5.74) is 0. The molecule has 17 nitrogen and oxygen atoms in total. The van der Waals surface area contributed by atoms with Gasteiger partial charge >= 0.3 is 39.5 Å². The number of aliphatic hydroxyl groups is 1. The quantitative estimate of drug-likeness (QED) is 0.0222. The summed E-state index contributed by atoms with van der Waals surface area (Å²) in [6.07, 6.45) is 53.6. The summed E-state index contributed by atoms with van der Waals surface area (Å²) in [6.45, 7) is 9.41. The molecule has 0 bridgehead atoms. The standard InChI is InChI=1S/C74H144O17P2/c1-7-9-11-13-14-15-16-17-18-19-20-21-22-23-24-25-30-33-36-39-46-52-58-73(78)90-70(63-85-72(77)57-51-45-38-35-32-29-27-26-28-31-34-37-43-48-54-66(3)4)65-89-93(82,83)87-61-68(75)60-86-92(80,81)88-64-69(62-84-71(76)56-50-42-12-10-8-2)91-74(79)59-53-47-41-40-44-49-55-67(5)6/h66-70,75H,7-65H2,1-6H3,(H,80,81)(H,82,83)/t68-,69+,70+/m0/s1. The molecule has 0 fully saturated rings. The third-order valence-corrected chi connectivity index (χ3v) is 19.1. The Kier molecular flexibility index (Phi) is 64.6. The summed E-state index contributed by atoms with van der Waals surface area (Å²) >= 11 is 0. The van der Waals surface area contributed by atoms with Crippen LogP contribution < -0.4 is 0 Å². The number of rotatable bonds is 73. The Morgan fingerprint density at radius 2 is 0.495 bits per heavy atom. The Labute approximate surface area is 568 Å². The third-order valence-electron chi connectivity index (χ3n) is 17.2. The van der Waals surface area contributed by atoms with Crippen molar-refractivity contribution in [3.8, 4) is 0 Å². The zero-order valence-electron chi connectivity index (χ0n) is 60.6. The summed E-state index contributed by atoms with van der Waals surface area (Å²) < 4.78 is 68.1. The number of esters is 4. The molecule has 0 aliphatic carbocycles. The minimum Gasteiger partial charge on any atom is -0.462 e. The van der Waals surface area contributed by atoms with E-state index in [1.165, 1.54) is 193 Å². The molecule has 0 amide bonds. The van der Waals surface area contributed by atoms with Crippen molar-refractivity contribution in [1.29, 1.82) is 0 Å². The molecule has 0 saturated carbocycles. The van der Waals surface area contributed by atoms with Crippen molar-refractivity contribution in [1.82, 2.24) is 0 Å². The molecule has 0 radical (unpaired) electrons. The molecule has 0 saturated heterocycles. The maximum Gasteiger partial charge on any atom is 0.472 e. The van der Waals surface area contributed by atoms with Gasteiger partial charge in [-0.25, -0.2) is 9.13 Å². The molecule has 0 aromatic rings. The smallest absolute Gasteiger partial charge is 0.462 e. The van der Waals surface area contributed by atoms with E-state index in [0.717, 1.165) is 102 Å². The van der Waals surface area contributed by atoms with E-state index in [1.54, 1.807) is 0 Å². The fourth-order valence-electron chi connectivity index (χ4n) is 11.3. The van der Waals surface area contributed by atoms with Gasteiger partial charge in [-0.2, -0.15) is 0 Å². The lowest BCUT2D eigenvalue weighted by atomic mass is 10.0. The van der Waals surface area contributed by atoms with Gasteiger partial charge in [0.1, 0.15) is 19.3 Å². The normalized spacial score (nSPS) is 14.1. The Morgan fingerprint density at radius 1 is 0.290 bits per heavy atom. The number of unbranched alkanes of at least 4 members (excludes halogenated alkanes) is 43. The number of hydrogen-bond donors (Lipinski definition) is 3. The number of carbonyl (C=O) groups is 4. The number of phosphoric acid groups is 2. The van der Waals surface area contributed by atoms with Crippen molar-refractivity contribution in [3.63, 3.8) is 0 Å². The van der Waals surface area contributed by atoms with Crippen LogP contribution in [0.15, 0.2) is 0 Å². The average Bonchev–Trinajstić information content (AvgIpc) is 3.74. The highest BCUT2D eigenvalue weighted by Gasteiger charge is 2.30. The second kappa shape index (κ2) is 66.0. The van der Waals surface area contributed by atoms with Crippen molar-refractivity contribution < 1.29 is 80.2 Å². The Bertz CT molecular complexity index is 1800. The van der Waals surface area contributed by atoms with E-state index in [2.05, 4.69) is 41.5 Å². The topological polar surface area (TPSA) is 237 Å². The molecule has 3 N–H and O–H groups in total. The van der Waals surface area contributed by atoms with Crippen molar-refractivity contribution >= 4 is 39.5 Å². The van der Waals surface area contributed by atoms with Crippen molar-refractivity contribution in [2.75, 3.05) is 39.6 Å². The van der Waals surface area contributed by atoms with Gasteiger partial charge in [0.2, 0.25) is 0 Å². The minimum atomic E-state index is -4.95. The van der Waals surface area contributed by atoms with E-state index < -0.39 is 97.5 Å². The van der Waals surface area contributed by atoms with Gasteiger partial charge in [0, 0.05) is 25.7 Å². The Hall–Kier alpha value is -1.94. The molecule has 0 rings (SSSR count). The van der Waals surface area contributed by atoms with Gasteiger partial charge in [-0.1, -0.05) is 330 Å². The SMILES string of the molecule is CCCCCCCCCCCCCCCCCCCCCCCCC(=O)O[C@H](COC(=O)CCCCCCCCCCCCCCCCC(C)C)COP(=O)(O)OC[C@@H](O)COP(=O)(O)OC[C@@H](COC(=O)CCCCCCC)OC(=O)CCCCCCCCC(C)C. The number of hydrogen-bond acceptors (Lipinski definition) is 15. The molecule has 0 aromatic heterocycles. The Balaban J connectivity index is 5.09. The van der Waals surface area contributed by atoms with Crippen LogP contribution in [0, 0.1) is 11.8 Å². The summed E-state index contributed by atoms with van der Waals surface area (Å²) in [7, 11) is -9.89. The van der Waals surface area contributed by atoms with Crippen LogP contribution in [0.25, 0.3) is 0 Å². The van der Waals surface area contributed by atoms with Gasteiger partial charge in [0.25, 0.3) is 0 Å². The predicted molar refractivity (Wildman–Crippen MR) is 377 cm³/mol. The molecular weight excluding hydrogens is 1220 g/mol. The van der Waals surface area contributed by atoms with Crippen molar-refractivity contribution in [2.45, 2.75) is 400 Å². The van der Waals surface area contributed by atoms with E-state index in [0.29, 0.717) is 31.6 Å². The Morgan fingerprint density at radius 3 is 0.731 bits per heavy atom. The minimum absolute atomic E-state index is 0.101. The molecule has 19 heteroatoms. The lowest BCUT2D eigenvalue weighted by molar-refractivity contribution is -0.161. The molecule has 2 unspecified atom stereocenters. The molecule has 0 aliphatic rings. The predicted octanol–water partition coefficient (Wildman–Crippen LogP) is 21.6. The van der Waals surface area contributed by atoms with E-state index in [9.17, 15) is 43.2 Å². The van der Waals surface area contributed by atoms with Gasteiger partial charge < -0.3 is 33.8 Å². The molecule has 0 aliphatic heterocycles. The fraction of sp³-hybridized carbons (Fsp3) is 0.946. The van der Waals surface area contributed by atoms with Gasteiger partial charge in [0.15, 0.2) is 12.2 Å². The van der Waals surface area contributed by atoms with Gasteiger partial charge in [0.05, 0.1) is 26.4 Å². The zero-order chi connectivity index (χ0) is 68.6. The summed E-state index contributed by atoms with van der Waals surface area (Å²) in [5, 5.41) is 10.6. The lowest BCUT2D eigenvalue weighted by Gasteiger charge is -2.21. The van der Waals surface area contributed by atoms with E-state index in [1.807, 2.05) is 0 Å². The number of carbonyl (C=O) groups excluding carboxylic acids is 4. The number of aliphatic hydroxyl groups excluding tert-OH is 1. The summed E-state index contributed by atoms with van der Waals surface area (Å²) in [5.74, 6) is -0.668. The van der Waals surface area contributed by atoms with Crippen molar-refractivity contribution in [3.05, 3.63) is 0 Å². The first-order valence-electron chi connectivity index (χ1n) is 38.5. The van der Waals surface area contributed by atoms with Crippen LogP contribution in [0.5, 0.6) is 0 Å². The molecule has 552 valence electrons. The van der Waals surface area contributed by atoms with Crippen LogP contribution in [0.3, 0.4) is 0 Å². The average molecular weight is 1370 g/mol. The first kappa shape index (κ1) is 91.1. The molecule has 93 heavy (non-hydrogen) atoms. The van der Waals surface area contributed by atoms with Gasteiger partial charge in [-0.05, 0) is 37.5 Å². The third kappa shape index (κ3) is 68.4. The van der Waals surface area contributed by atoms with Crippen molar-refractivity contribution in [2.24, 2.45) is 11.8 Å². The molecule has 0 heterocycles. The first-order chi connectivity index (χ1) is 44.9. The fourth-order valence-corrected chi connectivity index (χ4v) is 12.9. The summed E-state index contributed by atoms with van der Waals surface area (Å²) in [6, 6.07) is 0. The highest BCUT2D eigenvalue weighted by atomic mass is 31.2. The highest BCUT2D eigenvalue weighted by Crippen LogP contribution is 2.45. The largest absolute Gasteiger partial charge is 0.472 e. The zero-order valence-corrected chi connectivity index (χ0v) is 62.3. The summed E-state index contributed by atoms with van der Waals surface area (Å²) in [4.78, 5) is 72.3. The second-order valence-electron chi connectivity index (χ2n) is 27.6.